The summed E-state index contributed by atoms with van der Waals surface area (Å²) in [6.45, 7) is 0. The summed E-state index contributed by atoms with van der Waals surface area (Å²) >= 11 is 0. The second-order valence-corrected chi connectivity index (χ2v) is 6.89. The summed E-state index contributed by atoms with van der Waals surface area (Å²) in [5.41, 5.74) is 8.45. The highest BCUT2D eigenvalue weighted by atomic mass is 16.2. The predicted octanol–water partition coefficient (Wildman–Crippen LogP) is 4.16. The molecule has 1 aliphatic rings. The maximum atomic E-state index is 12.7. The van der Waals surface area contributed by atoms with Crippen molar-refractivity contribution in [2.75, 3.05) is 10.3 Å². The monoisotopic (exact) mass is 412 g/mol. The van der Waals surface area contributed by atoms with E-state index in [4.69, 9.17) is 5.73 Å². The highest BCUT2D eigenvalue weighted by Gasteiger charge is 2.34. The van der Waals surface area contributed by atoms with Crippen LogP contribution >= 0.6 is 0 Å². The number of nitrogens with two attached hydrogens (primary N) is 1. The van der Waals surface area contributed by atoms with Crippen molar-refractivity contribution < 1.29 is 9.59 Å². The first kappa shape index (κ1) is 20.0. The van der Waals surface area contributed by atoms with E-state index in [1.165, 1.54) is 5.01 Å². The fourth-order valence-corrected chi connectivity index (χ4v) is 3.11. The van der Waals surface area contributed by atoms with Crippen molar-refractivity contribution in [3.63, 3.8) is 0 Å². The Hall–Kier alpha value is -4.33. The minimum Gasteiger partial charge on any atom is -0.368 e. The summed E-state index contributed by atoms with van der Waals surface area (Å²) in [6.07, 6.45) is 0.138. The topological polar surface area (TPSA) is 113 Å². The summed E-state index contributed by atoms with van der Waals surface area (Å²) in [6, 6.07) is 24.8. The second-order valence-electron chi connectivity index (χ2n) is 6.89. The third-order valence-corrected chi connectivity index (χ3v) is 4.68. The molecule has 0 radical (unpaired) electrons. The van der Waals surface area contributed by atoms with Gasteiger partial charge in [-0.2, -0.15) is 15.3 Å². The summed E-state index contributed by atoms with van der Waals surface area (Å²) in [7, 11) is 0. The van der Waals surface area contributed by atoms with Gasteiger partial charge in [-0.15, -0.1) is 0 Å². The van der Waals surface area contributed by atoms with Crippen LogP contribution in [0.4, 0.5) is 22.7 Å². The Kier molecular flexibility index (Phi) is 5.79. The van der Waals surface area contributed by atoms with Crippen LogP contribution in [0.25, 0.3) is 0 Å². The van der Waals surface area contributed by atoms with Gasteiger partial charge in [0.15, 0.2) is 0 Å². The van der Waals surface area contributed by atoms with Crippen molar-refractivity contribution in [3.05, 3.63) is 84.9 Å². The molecular formula is C23H20N6O2. The van der Waals surface area contributed by atoms with Gasteiger partial charge in [0.1, 0.15) is 11.8 Å². The molecule has 0 saturated heterocycles. The summed E-state index contributed by atoms with van der Waals surface area (Å²) < 4.78 is 0. The van der Waals surface area contributed by atoms with Gasteiger partial charge < -0.3 is 11.1 Å². The number of rotatable bonds is 6. The van der Waals surface area contributed by atoms with Crippen LogP contribution in [0, 0.1) is 0 Å². The fraction of sp³-hybridized carbons (Fsp3) is 0.0870. The molecule has 3 N–H and O–H groups in total. The number of benzene rings is 3. The zero-order chi connectivity index (χ0) is 21.6. The maximum absolute atomic E-state index is 12.7. The van der Waals surface area contributed by atoms with E-state index in [0.29, 0.717) is 17.1 Å². The molecule has 4 rings (SSSR count). The van der Waals surface area contributed by atoms with E-state index in [0.717, 1.165) is 5.69 Å². The molecule has 0 aliphatic carbocycles. The maximum Gasteiger partial charge on any atom is 0.271 e. The standard InChI is InChI=1S/C23H20N6O2/c24-22(30)21-15-20(28-29(21)19-9-5-2-6-10-19)23(31)25-16-11-13-18(14-12-16)27-26-17-7-3-1-4-8-17/h1-14,21H,15H2,(H2,24,30)(H,25,31). The molecule has 1 heterocycles. The lowest BCUT2D eigenvalue weighted by molar-refractivity contribution is -0.119. The van der Waals surface area contributed by atoms with Gasteiger partial charge in [-0.1, -0.05) is 36.4 Å². The quantitative estimate of drug-likeness (QED) is 0.593. The minimum atomic E-state index is -0.705. The van der Waals surface area contributed by atoms with Gasteiger partial charge in [-0.3, -0.25) is 14.6 Å². The number of azo groups is 1. The van der Waals surface area contributed by atoms with Gasteiger partial charge in [0.25, 0.3) is 5.91 Å². The Labute approximate surface area is 179 Å². The van der Waals surface area contributed by atoms with Gasteiger partial charge in [0.05, 0.1) is 17.1 Å². The van der Waals surface area contributed by atoms with Gasteiger partial charge in [-0.25, -0.2) is 0 Å². The molecule has 8 nitrogen and oxygen atoms in total. The molecule has 0 fully saturated rings. The van der Waals surface area contributed by atoms with E-state index in [1.807, 2.05) is 60.7 Å². The van der Waals surface area contributed by atoms with Gasteiger partial charge in [-0.05, 0) is 48.5 Å². The molecule has 8 heteroatoms. The van der Waals surface area contributed by atoms with E-state index in [9.17, 15) is 9.59 Å². The lowest BCUT2D eigenvalue weighted by Gasteiger charge is -2.20. The largest absolute Gasteiger partial charge is 0.368 e. The zero-order valence-corrected chi connectivity index (χ0v) is 16.6. The Bertz CT molecular complexity index is 1130. The van der Waals surface area contributed by atoms with Crippen LogP contribution in [-0.2, 0) is 9.59 Å². The smallest absolute Gasteiger partial charge is 0.271 e. The average molecular weight is 412 g/mol. The molecule has 31 heavy (non-hydrogen) atoms. The number of nitrogens with zero attached hydrogens (tertiary/aromatic N) is 4. The highest BCUT2D eigenvalue weighted by Crippen LogP contribution is 2.25. The Morgan fingerprint density at radius 3 is 2.06 bits per heavy atom. The van der Waals surface area contributed by atoms with Crippen molar-refractivity contribution in [2.45, 2.75) is 12.5 Å². The molecule has 0 bridgehead atoms. The van der Waals surface area contributed by atoms with Crippen molar-refractivity contribution in [3.8, 4) is 0 Å². The number of anilines is 2. The predicted molar refractivity (Wildman–Crippen MR) is 120 cm³/mol. The highest BCUT2D eigenvalue weighted by molar-refractivity contribution is 6.44. The van der Waals surface area contributed by atoms with E-state index in [2.05, 4.69) is 20.6 Å². The van der Waals surface area contributed by atoms with Crippen molar-refractivity contribution >= 4 is 40.3 Å². The number of carbonyl (C=O) groups excluding carboxylic acids is 2. The molecule has 0 spiro atoms. The minimum absolute atomic E-state index is 0.138. The second kappa shape index (κ2) is 9.00. The van der Waals surface area contributed by atoms with Crippen LogP contribution < -0.4 is 16.1 Å². The van der Waals surface area contributed by atoms with Gasteiger partial charge >= 0.3 is 0 Å². The van der Waals surface area contributed by atoms with E-state index in [-0.39, 0.29) is 18.0 Å². The third-order valence-electron chi connectivity index (χ3n) is 4.68. The first-order valence-electron chi connectivity index (χ1n) is 9.69. The van der Waals surface area contributed by atoms with E-state index >= 15 is 0 Å². The molecule has 0 saturated carbocycles. The molecule has 1 unspecified atom stereocenters. The number of hydrazone groups is 1. The normalized spacial score (nSPS) is 15.7. The van der Waals surface area contributed by atoms with Crippen LogP contribution in [0.1, 0.15) is 6.42 Å². The molecule has 3 aromatic rings. The van der Waals surface area contributed by atoms with Crippen LogP contribution in [0.5, 0.6) is 0 Å². The first-order valence-corrected chi connectivity index (χ1v) is 9.69. The molecule has 1 aliphatic heterocycles. The lowest BCUT2D eigenvalue weighted by atomic mass is 10.1. The lowest BCUT2D eigenvalue weighted by Crippen LogP contribution is -2.39. The van der Waals surface area contributed by atoms with Crippen molar-refractivity contribution in [1.29, 1.82) is 0 Å². The third kappa shape index (κ3) is 4.81. The van der Waals surface area contributed by atoms with Crippen molar-refractivity contribution in [2.24, 2.45) is 21.1 Å². The molecule has 154 valence electrons. The Morgan fingerprint density at radius 2 is 1.45 bits per heavy atom. The zero-order valence-electron chi connectivity index (χ0n) is 16.6. The summed E-state index contributed by atoms with van der Waals surface area (Å²) in [4.78, 5) is 24.6. The van der Waals surface area contributed by atoms with E-state index < -0.39 is 11.9 Å². The molecular weight excluding hydrogens is 392 g/mol. The number of carbonyl (C=O) groups is 2. The SMILES string of the molecule is NC(=O)C1CC(C(=O)Nc2ccc(N=Nc3ccccc3)cc2)=NN1c1ccccc1. The molecule has 2 amide bonds. The van der Waals surface area contributed by atoms with E-state index in [1.54, 1.807) is 24.3 Å². The Balaban J connectivity index is 1.44. The number of amides is 2. The number of nitrogens with one attached hydrogen (secondary N) is 1. The molecule has 0 aromatic heterocycles. The molecule has 3 aromatic carbocycles. The number of primary amides is 1. The van der Waals surface area contributed by atoms with Gasteiger partial charge in [0, 0.05) is 12.1 Å². The van der Waals surface area contributed by atoms with Gasteiger partial charge in [0.2, 0.25) is 5.91 Å². The fourth-order valence-electron chi connectivity index (χ4n) is 3.11. The van der Waals surface area contributed by atoms with Crippen LogP contribution in [0.15, 0.2) is 100 Å². The molecule has 1 atom stereocenters. The number of para-hydroxylation sites is 1. The summed E-state index contributed by atoms with van der Waals surface area (Å²) in [5, 5.41) is 17.0. The first-order chi connectivity index (χ1) is 15.1. The Morgan fingerprint density at radius 1 is 0.871 bits per heavy atom. The number of hydrogen-bond acceptors (Lipinski definition) is 6. The van der Waals surface area contributed by atoms with Crippen LogP contribution in [0.2, 0.25) is 0 Å². The van der Waals surface area contributed by atoms with Crippen LogP contribution in [0.3, 0.4) is 0 Å². The average Bonchev–Trinajstić information content (AvgIpc) is 3.26. The summed E-state index contributed by atoms with van der Waals surface area (Å²) in [5.74, 6) is -0.924. The van der Waals surface area contributed by atoms with Crippen molar-refractivity contribution in [1.82, 2.24) is 0 Å². The van der Waals surface area contributed by atoms with Crippen LogP contribution in [-0.4, -0.2) is 23.6 Å². The number of hydrogen-bond donors (Lipinski definition) is 2.